The number of nitrogens with one attached hydrogen (secondary N) is 2. The van der Waals surface area contributed by atoms with Crippen LogP contribution in [0.1, 0.15) is 10.4 Å². The summed E-state index contributed by atoms with van der Waals surface area (Å²) in [5.74, 6) is 0.964. The number of methoxy groups -OCH3 is 1. The monoisotopic (exact) mass is 446 g/mol. The molecule has 170 valence electrons. The predicted octanol–water partition coefficient (Wildman–Crippen LogP) is 3.93. The first-order valence-corrected chi connectivity index (χ1v) is 10.3. The Labute approximate surface area is 191 Å². The van der Waals surface area contributed by atoms with Crippen molar-refractivity contribution in [1.29, 1.82) is 0 Å². The molecule has 4 aromatic rings. The molecule has 0 aliphatic heterocycles. The van der Waals surface area contributed by atoms with Crippen LogP contribution >= 0.6 is 0 Å². The lowest BCUT2D eigenvalue weighted by Crippen LogP contribution is -2.21. The molecule has 33 heavy (non-hydrogen) atoms. The molecule has 0 unspecified atom stereocenters. The Morgan fingerprint density at radius 3 is 2.36 bits per heavy atom. The Kier molecular flexibility index (Phi) is 5.78. The molecule has 0 radical (unpaired) electrons. The van der Waals surface area contributed by atoms with Gasteiger partial charge in [-0.1, -0.05) is 18.2 Å². The molecular weight excluding hydrogens is 420 g/mol. The molecule has 0 atom stereocenters. The Morgan fingerprint density at radius 1 is 1.00 bits per heavy atom. The minimum atomic E-state index is -0.340. The average molecular weight is 447 g/mol. The van der Waals surface area contributed by atoms with Crippen molar-refractivity contribution < 1.29 is 14.3 Å². The quantitative estimate of drug-likeness (QED) is 0.486. The van der Waals surface area contributed by atoms with Crippen molar-refractivity contribution in [2.24, 2.45) is 14.1 Å². The van der Waals surface area contributed by atoms with Crippen molar-refractivity contribution >= 4 is 34.3 Å². The summed E-state index contributed by atoms with van der Waals surface area (Å²) in [4.78, 5) is 31.3. The lowest BCUT2D eigenvalue weighted by Gasteiger charge is -2.11. The maximum atomic E-state index is 12.6. The minimum Gasteiger partial charge on any atom is -0.494 e. The third-order valence-electron chi connectivity index (χ3n) is 5.36. The zero-order valence-corrected chi connectivity index (χ0v) is 19.2. The molecule has 0 fully saturated rings. The van der Waals surface area contributed by atoms with Crippen LogP contribution in [0.15, 0.2) is 54.7 Å². The number of urea groups is 1. The highest BCUT2D eigenvalue weighted by atomic mass is 16.5. The fourth-order valence-corrected chi connectivity index (χ4v) is 3.77. The van der Waals surface area contributed by atoms with E-state index in [4.69, 9.17) is 9.72 Å². The second kappa shape index (κ2) is 8.70. The van der Waals surface area contributed by atoms with Gasteiger partial charge in [0.05, 0.1) is 23.7 Å². The fraction of sp³-hybridized carbons (Fsp3) is 0.208. The number of carbonyl (C=O) groups is 2. The lowest BCUT2D eigenvalue weighted by atomic mass is 10.2. The highest BCUT2D eigenvalue weighted by Gasteiger charge is 2.26. The first kappa shape index (κ1) is 21.9. The molecule has 0 aliphatic carbocycles. The number of amides is 3. The van der Waals surface area contributed by atoms with Gasteiger partial charge in [-0.3, -0.25) is 4.79 Å². The summed E-state index contributed by atoms with van der Waals surface area (Å²) in [5, 5.41) is 5.63. The molecule has 0 aliphatic rings. The summed E-state index contributed by atoms with van der Waals surface area (Å²) in [6.07, 6.45) is 1.75. The number of carbonyl (C=O) groups excluding carboxylic acids is 2. The van der Waals surface area contributed by atoms with E-state index in [1.807, 2.05) is 71.8 Å². The van der Waals surface area contributed by atoms with Crippen molar-refractivity contribution in [3.05, 3.63) is 60.3 Å². The maximum absolute atomic E-state index is 12.6. The minimum absolute atomic E-state index is 0.150. The van der Waals surface area contributed by atoms with Gasteiger partial charge < -0.3 is 29.4 Å². The van der Waals surface area contributed by atoms with E-state index in [1.54, 1.807) is 27.4 Å². The maximum Gasteiger partial charge on any atom is 0.323 e. The van der Waals surface area contributed by atoms with Crippen LogP contribution in [0.25, 0.3) is 22.6 Å². The number of aromatic nitrogens is 3. The molecule has 2 aromatic heterocycles. The summed E-state index contributed by atoms with van der Waals surface area (Å²) >= 11 is 0. The first-order chi connectivity index (χ1) is 15.8. The van der Waals surface area contributed by atoms with E-state index in [2.05, 4.69) is 10.6 Å². The Balaban J connectivity index is 1.68. The summed E-state index contributed by atoms with van der Waals surface area (Å²) in [5.41, 5.74) is 4.05. The lowest BCUT2D eigenvalue weighted by molar-refractivity contribution is 0.0824. The van der Waals surface area contributed by atoms with E-state index in [0.717, 1.165) is 5.52 Å². The van der Waals surface area contributed by atoms with Gasteiger partial charge in [0, 0.05) is 45.8 Å². The number of fused-ring (bicyclic) bond motifs is 1. The highest BCUT2D eigenvalue weighted by Crippen LogP contribution is 2.36. The van der Waals surface area contributed by atoms with Crippen LogP contribution in [-0.4, -0.2) is 52.2 Å². The van der Waals surface area contributed by atoms with Gasteiger partial charge in [0.15, 0.2) is 11.6 Å². The van der Waals surface area contributed by atoms with Gasteiger partial charge >= 0.3 is 6.03 Å². The fourth-order valence-electron chi connectivity index (χ4n) is 3.77. The molecule has 9 heteroatoms. The summed E-state index contributed by atoms with van der Waals surface area (Å²) in [6.45, 7) is 0. The number of rotatable bonds is 5. The second-order valence-corrected chi connectivity index (χ2v) is 7.88. The molecule has 2 aromatic carbocycles. The van der Waals surface area contributed by atoms with Gasteiger partial charge in [-0.05, 0) is 30.3 Å². The van der Waals surface area contributed by atoms with Crippen molar-refractivity contribution in [2.45, 2.75) is 0 Å². The van der Waals surface area contributed by atoms with E-state index in [1.165, 1.54) is 4.90 Å². The number of nitrogens with zero attached hydrogens (tertiary/aromatic N) is 4. The van der Waals surface area contributed by atoms with Crippen molar-refractivity contribution in [2.75, 3.05) is 31.8 Å². The summed E-state index contributed by atoms with van der Waals surface area (Å²) in [7, 11) is 8.70. The molecule has 0 saturated carbocycles. The predicted molar refractivity (Wildman–Crippen MR) is 129 cm³/mol. The van der Waals surface area contributed by atoms with E-state index in [0.29, 0.717) is 39.7 Å². The van der Waals surface area contributed by atoms with Gasteiger partial charge in [-0.25, -0.2) is 9.78 Å². The molecule has 0 saturated heterocycles. The normalized spacial score (nSPS) is 10.8. The van der Waals surface area contributed by atoms with Crippen LogP contribution in [0.5, 0.6) is 5.75 Å². The third kappa shape index (κ3) is 4.12. The topological polar surface area (TPSA) is 93.4 Å². The Bertz CT molecular complexity index is 1340. The standard InChI is InChI=1S/C24H26N6O3/c1-28(2)23(31)17-14-29(3)20(21(17)33-5)22-27-18-13-16(11-12-19(18)30(22)4)26-24(32)25-15-9-7-6-8-10-15/h6-14H,1-5H3,(H2,25,26,32). The molecule has 3 amide bonds. The van der Waals surface area contributed by atoms with Gasteiger partial charge in [0.1, 0.15) is 5.69 Å². The van der Waals surface area contributed by atoms with Crippen LogP contribution in [0.4, 0.5) is 16.2 Å². The van der Waals surface area contributed by atoms with Crippen LogP contribution in [-0.2, 0) is 14.1 Å². The number of para-hydroxylation sites is 1. The number of hydrogen-bond acceptors (Lipinski definition) is 4. The molecule has 9 nitrogen and oxygen atoms in total. The van der Waals surface area contributed by atoms with E-state index >= 15 is 0 Å². The van der Waals surface area contributed by atoms with E-state index in [9.17, 15) is 9.59 Å². The van der Waals surface area contributed by atoms with Crippen LogP contribution in [0.2, 0.25) is 0 Å². The van der Waals surface area contributed by atoms with Crippen molar-refractivity contribution in [3.8, 4) is 17.3 Å². The number of benzene rings is 2. The van der Waals surface area contributed by atoms with Crippen molar-refractivity contribution in [1.82, 2.24) is 19.0 Å². The number of imidazole rings is 1. The number of hydrogen-bond donors (Lipinski definition) is 2. The SMILES string of the molecule is COc1c(C(=O)N(C)C)cn(C)c1-c1nc2cc(NC(=O)Nc3ccccc3)ccc2n1C. The number of ether oxygens (including phenoxy) is 1. The summed E-state index contributed by atoms with van der Waals surface area (Å²) in [6, 6.07) is 14.4. The highest BCUT2D eigenvalue weighted by molar-refractivity contribution is 6.01. The molecular formula is C24H26N6O3. The van der Waals surface area contributed by atoms with E-state index < -0.39 is 0 Å². The van der Waals surface area contributed by atoms with Crippen LogP contribution < -0.4 is 15.4 Å². The second-order valence-electron chi connectivity index (χ2n) is 7.88. The zero-order valence-electron chi connectivity index (χ0n) is 19.2. The van der Waals surface area contributed by atoms with Crippen LogP contribution in [0, 0.1) is 0 Å². The van der Waals surface area contributed by atoms with Crippen LogP contribution in [0.3, 0.4) is 0 Å². The van der Waals surface area contributed by atoms with E-state index in [-0.39, 0.29) is 11.9 Å². The smallest absolute Gasteiger partial charge is 0.323 e. The largest absolute Gasteiger partial charge is 0.494 e. The molecule has 4 rings (SSSR count). The molecule has 0 spiro atoms. The van der Waals surface area contributed by atoms with Gasteiger partial charge in [0.25, 0.3) is 5.91 Å². The zero-order chi connectivity index (χ0) is 23.7. The Morgan fingerprint density at radius 2 is 1.70 bits per heavy atom. The molecule has 2 heterocycles. The van der Waals surface area contributed by atoms with Gasteiger partial charge in [-0.2, -0.15) is 0 Å². The first-order valence-electron chi connectivity index (χ1n) is 10.3. The summed E-state index contributed by atoms with van der Waals surface area (Å²) < 4.78 is 9.39. The molecule has 0 bridgehead atoms. The number of aryl methyl sites for hydroxylation is 2. The van der Waals surface area contributed by atoms with Crippen molar-refractivity contribution in [3.63, 3.8) is 0 Å². The number of anilines is 2. The average Bonchev–Trinajstić information content (AvgIpc) is 3.29. The van der Waals surface area contributed by atoms with Gasteiger partial charge in [0.2, 0.25) is 0 Å². The Hall–Kier alpha value is -4.27. The third-order valence-corrected chi connectivity index (χ3v) is 5.36. The molecule has 2 N–H and O–H groups in total. The van der Waals surface area contributed by atoms with Gasteiger partial charge in [-0.15, -0.1) is 0 Å².